The second kappa shape index (κ2) is 10.00. The lowest BCUT2D eigenvalue weighted by atomic mass is 10.2. The lowest BCUT2D eigenvalue weighted by molar-refractivity contribution is -0.161. The Balaban J connectivity index is 3.93. The number of esters is 3. The summed E-state index contributed by atoms with van der Waals surface area (Å²) in [6, 6.07) is 0. The highest BCUT2D eigenvalue weighted by atomic mass is 16.6. The zero-order chi connectivity index (χ0) is 15.5. The zero-order valence-corrected chi connectivity index (χ0v) is 12.3. The van der Waals surface area contributed by atoms with Crippen molar-refractivity contribution in [3.63, 3.8) is 0 Å². The maximum atomic E-state index is 11.4. The van der Waals surface area contributed by atoms with E-state index in [1.807, 2.05) is 6.92 Å². The third kappa shape index (κ3) is 9.13. The van der Waals surface area contributed by atoms with Gasteiger partial charge in [-0.15, -0.1) is 0 Å². The highest BCUT2D eigenvalue weighted by Gasteiger charge is 2.16. The molecule has 114 valence electrons. The molecule has 0 amide bonds. The minimum Gasteiger partial charge on any atom is -0.462 e. The molecule has 0 spiro atoms. The molecule has 0 aliphatic heterocycles. The molecule has 0 saturated heterocycles. The smallest absolute Gasteiger partial charge is 0.344 e. The lowest BCUT2D eigenvalue weighted by Gasteiger charge is -2.09. The number of hydrogen-bond acceptors (Lipinski definition) is 6. The molecule has 0 aliphatic carbocycles. The van der Waals surface area contributed by atoms with Gasteiger partial charge < -0.3 is 14.2 Å². The summed E-state index contributed by atoms with van der Waals surface area (Å²) in [6.45, 7) is 8.62. The first-order valence-electron chi connectivity index (χ1n) is 6.56. The predicted octanol–water partition coefficient (Wildman–Crippen LogP) is 1.77. The largest absolute Gasteiger partial charge is 0.462 e. The van der Waals surface area contributed by atoms with Gasteiger partial charge in [0.25, 0.3) is 0 Å². The highest BCUT2D eigenvalue weighted by molar-refractivity contribution is 5.93. The van der Waals surface area contributed by atoms with E-state index >= 15 is 0 Å². The van der Waals surface area contributed by atoms with Crippen molar-refractivity contribution in [1.82, 2.24) is 0 Å². The molecule has 20 heavy (non-hydrogen) atoms. The fraction of sp³-hybridized carbons (Fsp3) is 0.643. The van der Waals surface area contributed by atoms with Crippen LogP contribution in [0.4, 0.5) is 0 Å². The Bertz CT molecular complexity index is 359. The Hall–Kier alpha value is -1.85. The second-order valence-electron chi connectivity index (χ2n) is 4.47. The molecule has 0 aromatic heterocycles. The standard InChI is InChI=1S/C14H22O6/c1-5-6-7-18-14(17)11(4)8-12(15)19-9-13(16)20-10(2)3/h10H,4-9H2,1-3H3. The van der Waals surface area contributed by atoms with Gasteiger partial charge in [-0.2, -0.15) is 0 Å². The maximum absolute atomic E-state index is 11.4. The van der Waals surface area contributed by atoms with Crippen LogP contribution in [0.1, 0.15) is 40.0 Å². The normalized spacial score (nSPS) is 10.0. The van der Waals surface area contributed by atoms with Gasteiger partial charge in [-0.3, -0.25) is 4.79 Å². The summed E-state index contributed by atoms with van der Waals surface area (Å²) < 4.78 is 14.3. The van der Waals surface area contributed by atoms with Gasteiger partial charge in [0.2, 0.25) is 0 Å². The van der Waals surface area contributed by atoms with Crippen molar-refractivity contribution < 1.29 is 28.6 Å². The predicted molar refractivity (Wildman–Crippen MR) is 71.8 cm³/mol. The summed E-state index contributed by atoms with van der Waals surface area (Å²) in [4.78, 5) is 33.9. The highest BCUT2D eigenvalue weighted by Crippen LogP contribution is 2.04. The molecule has 0 aromatic rings. The molecular weight excluding hydrogens is 264 g/mol. The molecule has 0 atom stereocenters. The SMILES string of the molecule is C=C(CC(=O)OCC(=O)OC(C)C)C(=O)OCCCC. The van der Waals surface area contributed by atoms with Crippen molar-refractivity contribution in [2.75, 3.05) is 13.2 Å². The van der Waals surface area contributed by atoms with Crippen molar-refractivity contribution in [1.29, 1.82) is 0 Å². The van der Waals surface area contributed by atoms with E-state index in [9.17, 15) is 14.4 Å². The third-order valence-electron chi connectivity index (χ3n) is 2.10. The Morgan fingerprint density at radius 1 is 1.10 bits per heavy atom. The Morgan fingerprint density at radius 3 is 2.30 bits per heavy atom. The third-order valence-corrected chi connectivity index (χ3v) is 2.10. The molecule has 0 fully saturated rings. The van der Waals surface area contributed by atoms with Gasteiger partial charge in [-0.1, -0.05) is 19.9 Å². The van der Waals surface area contributed by atoms with Crippen LogP contribution in [0.5, 0.6) is 0 Å². The summed E-state index contributed by atoms with van der Waals surface area (Å²) in [6.07, 6.45) is 1.08. The van der Waals surface area contributed by atoms with Crippen molar-refractivity contribution in [2.24, 2.45) is 0 Å². The van der Waals surface area contributed by atoms with Gasteiger partial charge in [0.05, 0.1) is 19.1 Å². The van der Waals surface area contributed by atoms with Crippen LogP contribution in [-0.4, -0.2) is 37.2 Å². The molecule has 0 N–H and O–H groups in total. The Kier molecular flexibility index (Phi) is 9.07. The van der Waals surface area contributed by atoms with Crippen molar-refractivity contribution in [2.45, 2.75) is 46.1 Å². The van der Waals surface area contributed by atoms with Gasteiger partial charge in [0.15, 0.2) is 6.61 Å². The number of carbonyl (C=O) groups is 3. The molecule has 0 aromatic carbocycles. The van der Waals surface area contributed by atoms with E-state index in [1.54, 1.807) is 13.8 Å². The van der Waals surface area contributed by atoms with Gasteiger partial charge in [-0.05, 0) is 20.3 Å². The average Bonchev–Trinajstić information content (AvgIpc) is 2.35. The van der Waals surface area contributed by atoms with Crippen molar-refractivity contribution in [3.05, 3.63) is 12.2 Å². The van der Waals surface area contributed by atoms with Crippen LogP contribution in [0, 0.1) is 0 Å². The lowest BCUT2D eigenvalue weighted by Crippen LogP contribution is -2.20. The molecule has 0 aliphatic rings. The Morgan fingerprint density at radius 2 is 1.75 bits per heavy atom. The Labute approximate surface area is 119 Å². The molecule has 0 heterocycles. The first-order valence-corrected chi connectivity index (χ1v) is 6.56. The first-order chi connectivity index (χ1) is 9.36. The van der Waals surface area contributed by atoms with Crippen LogP contribution >= 0.6 is 0 Å². The molecule has 0 rings (SSSR count). The van der Waals surface area contributed by atoms with Crippen LogP contribution in [0.3, 0.4) is 0 Å². The van der Waals surface area contributed by atoms with Crippen LogP contribution in [0.15, 0.2) is 12.2 Å². The second-order valence-corrected chi connectivity index (χ2v) is 4.47. The number of rotatable bonds is 9. The van der Waals surface area contributed by atoms with Gasteiger partial charge >= 0.3 is 17.9 Å². The summed E-state index contributed by atoms with van der Waals surface area (Å²) in [5.74, 6) is -1.98. The van der Waals surface area contributed by atoms with Crippen LogP contribution < -0.4 is 0 Å². The van der Waals surface area contributed by atoms with Crippen molar-refractivity contribution in [3.8, 4) is 0 Å². The van der Waals surface area contributed by atoms with E-state index in [4.69, 9.17) is 9.47 Å². The quantitative estimate of drug-likeness (QED) is 0.278. The molecule has 0 saturated carbocycles. The molecule has 0 unspecified atom stereocenters. The topological polar surface area (TPSA) is 78.9 Å². The average molecular weight is 286 g/mol. The van der Waals surface area contributed by atoms with Crippen molar-refractivity contribution >= 4 is 17.9 Å². The minimum atomic E-state index is -0.719. The summed E-state index contributed by atoms with van der Waals surface area (Å²) >= 11 is 0. The molecule has 0 bridgehead atoms. The number of unbranched alkanes of at least 4 members (excludes halogenated alkanes) is 1. The number of hydrogen-bond donors (Lipinski definition) is 0. The molecule has 6 heteroatoms. The number of ether oxygens (including phenoxy) is 3. The van der Waals surface area contributed by atoms with E-state index in [1.165, 1.54) is 0 Å². The fourth-order valence-corrected chi connectivity index (χ4v) is 1.15. The summed E-state index contributed by atoms with van der Waals surface area (Å²) in [5, 5.41) is 0. The fourth-order valence-electron chi connectivity index (χ4n) is 1.15. The van der Waals surface area contributed by atoms with Crippen LogP contribution in [0.25, 0.3) is 0 Å². The molecular formula is C14H22O6. The van der Waals surface area contributed by atoms with E-state index in [0.717, 1.165) is 12.8 Å². The summed E-state index contributed by atoms with van der Waals surface area (Å²) in [5.41, 5.74) is 0.00308. The number of carbonyl (C=O) groups excluding carboxylic acids is 3. The summed E-state index contributed by atoms with van der Waals surface area (Å²) in [7, 11) is 0. The minimum absolute atomic E-state index is 0.00308. The van der Waals surface area contributed by atoms with E-state index < -0.39 is 24.5 Å². The first kappa shape index (κ1) is 18.1. The van der Waals surface area contributed by atoms with Gasteiger partial charge in [0, 0.05) is 5.57 Å². The zero-order valence-electron chi connectivity index (χ0n) is 12.3. The van der Waals surface area contributed by atoms with Crippen LogP contribution in [-0.2, 0) is 28.6 Å². The molecule has 0 radical (unpaired) electrons. The van der Waals surface area contributed by atoms with E-state index in [0.29, 0.717) is 6.61 Å². The van der Waals surface area contributed by atoms with Gasteiger partial charge in [0.1, 0.15) is 0 Å². The van der Waals surface area contributed by atoms with E-state index in [-0.39, 0.29) is 18.1 Å². The van der Waals surface area contributed by atoms with E-state index in [2.05, 4.69) is 11.3 Å². The van der Waals surface area contributed by atoms with Gasteiger partial charge in [-0.25, -0.2) is 9.59 Å². The van der Waals surface area contributed by atoms with Crippen LogP contribution in [0.2, 0.25) is 0 Å². The molecule has 6 nitrogen and oxygen atoms in total. The monoisotopic (exact) mass is 286 g/mol. The maximum Gasteiger partial charge on any atom is 0.344 e.